The van der Waals surface area contributed by atoms with Gasteiger partial charge in [-0.05, 0) is 89.1 Å². The van der Waals surface area contributed by atoms with Gasteiger partial charge in [-0.2, -0.15) is 0 Å². The van der Waals surface area contributed by atoms with Gasteiger partial charge in [0.05, 0.1) is 74.9 Å². The zero-order valence-corrected chi connectivity index (χ0v) is 67.7. The van der Waals surface area contributed by atoms with Crippen molar-refractivity contribution in [1.82, 2.24) is 63.8 Å². The second kappa shape index (κ2) is 45.1. The molecule has 1 heterocycles. The van der Waals surface area contributed by atoms with Crippen LogP contribution in [0.3, 0.4) is 0 Å². The molecule has 45 nitrogen and oxygen atoms in total. The fourth-order valence-corrected chi connectivity index (χ4v) is 13.7. The van der Waals surface area contributed by atoms with E-state index < -0.39 is 315 Å². The summed E-state index contributed by atoms with van der Waals surface area (Å²) in [6, 6.07) is -11.5. The third kappa shape index (κ3) is 26.0. The highest BCUT2D eigenvalue weighted by atomic mass is 16.7. The van der Waals surface area contributed by atoms with Crippen molar-refractivity contribution in [2.24, 2.45) is 23.1 Å². The summed E-state index contributed by atoms with van der Waals surface area (Å²) in [5.41, 5.74) is 11.5. The lowest BCUT2D eigenvalue weighted by Crippen LogP contribution is -2.62. The number of ketones is 3. The molecule has 1 aliphatic heterocycles. The van der Waals surface area contributed by atoms with Gasteiger partial charge in [-0.3, -0.25) is 81.5 Å². The topological polar surface area (TPSA) is 743 Å². The molecule has 45 heteroatoms. The number of phenols is 3. The van der Waals surface area contributed by atoms with E-state index in [4.69, 9.17) is 31.4 Å². The van der Waals surface area contributed by atoms with Gasteiger partial charge in [0.1, 0.15) is 108 Å². The highest BCUT2D eigenvalue weighted by molar-refractivity contribution is 6.31. The molecule has 0 spiro atoms. The molecule has 0 radical (unpaired) electrons. The average Bonchev–Trinajstić information content (AvgIpc) is 0.709. The van der Waals surface area contributed by atoms with Crippen LogP contribution in [0.2, 0.25) is 0 Å². The van der Waals surface area contributed by atoms with Gasteiger partial charge in [-0.15, -0.1) is 0 Å². The van der Waals surface area contributed by atoms with Crippen molar-refractivity contribution in [3.05, 3.63) is 81.4 Å². The van der Waals surface area contributed by atoms with E-state index in [1.165, 1.54) is 63.4 Å². The number of carbonyl (C=O) groups is 17. The number of nitrogens with two attached hydrogens (primary N) is 3. The molecule has 122 heavy (non-hydrogen) atoms. The molecule has 17 atom stereocenters. The van der Waals surface area contributed by atoms with Gasteiger partial charge in [-0.25, -0.2) is 0 Å². The van der Waals surface area contributed by atoms with Crippen LogP contribution in [-0.2, 0) is 94.2 Å². The highest BCUT2D eigenvalue weighted by Crippen LogP contribution is 2.53. The first-order valence-corrected chi connectivity index (χ1v) is 38.8. The van der Waals surface area contributed by atoms with E-state index in [0.717, 1.165) is 13.8 Å². The zero-order chi connectivity index (χ0) is 91.1. The van der Waals surface area contributed by atoms with Crippen molar-refractivity contribution in [3.63, 3.8) is 0 Å². The molecule has 0 bridgehead atoms. The van der Waals surface area contributed by atoms with Gasteiger partial charge in [0.15, 0.2) is 17.9 Å². The maximum absolute atomic E-state index is 14.4. The second-order valence-corrected chi connectivity index (χ2v) is 30.0. The smallest absolute Gasteiger partial charge is 0.245 e. The predicted octanol–water partition coefficient (Wildman–Crippen LogP) is -9.22. The number of nitrogens with one attached hydrogen (secondary N) is 12. The summed E-state index contributed by atoms with van der Waals surface area (Å²) in [5.74, 6) is -21.2. The van der Waals surface area contributed by atoms with Gasteiger partial charge in [0.2, 0.25) is 88.5 Å². The average molecular weight is 1720 g/mol. The van der Waals surface area contributed by atoms with Gasteiger partial charge in [0, 0.05) is 55.7 Å². The van der Waals surface area contributed by atoms with Crippen LogP contribution in [0.4, 0.5) is 0 Å². The molecule has 3 aromatic rings. The van der Waals surface area contributed by atoms with Crippen LogP contribution >= 0.6 is 0 Å². The summed E-state index contributed by atoms with van der Waals surface area (Å²) >= 11 is 0. The number of unbranched alkanes of at least 4 members (excludes halogenated alkanes) is 1. The molecule has 14 amide bonds. The van der Waals surface area contributed by atoms with Crippen molar-refractivity contribution >= 4 is 100 Å². The number of carbonyl (C=O) groups excluding carboxylic acids is 17. The fraction of sp³-hybridized carbons (Fsp3) is 0.545. The molecule has 28 N–H and O–H groups in total. The lowest BCUT2D eigenvalue weighted by molar-refractivity contribution is -0.249. The van der Waals surface area contributed by atoms with Crippen molar-refractivity contribution < 1.29 is 147 Å². The molecule has 0 saturated carbocycles. The number of aromatic hydroxyl groups is 3. The standard InChI is InChI=1S/C77H107N15O30/c1-32(2)21-44(70(112)85-43-24-56(121-35(5)61(43)103)122-52-26-77(119,53(100)31-97)25-40-58(52)65(107)60-59(63(40)105)62(104)39-11-10-13-51(120-7)57(39)64(60)106)87-74(116)48(28-94)91-76(118)50(30-96)92-75(117)49(29-95)90-69(111)42(18-19-54(79)101)84-71(113)45(22-37-14-16-38(99)17-15-37)88-73(115)47(27-93)89-67(109)34(4)82-68(110)41(12-8-9-20-78)83-72(114)46(23-55(80)102)86-66(108)33(3)81-36(6)98/h10-11,13-17,32-35,41-50,52,56,61,93-97,99,103,105,107,119H,8-9,12,18-31,78H2,1-7H3,(H2,79,101)(H2,80,102)(H,81,98)(H,82,110)(H,83,114)(H,84,113)(H,85,112)(H,86,108)(H,87,116)(H,88,115)(H,89,109)(H,90,111)(H,91,118)(H,92,117)/t33-,34-,35-,41-,42-,43-,44-,45-,46-,47-,48-,49-,50-,52-,56+,61+,77-/m0/s1. The number of amides is 14. The maximum Gasteiger partial charge on any atom is 0.245 e. The minimum Gasteiger partial charge on any atom is -0.508 e. The van der Waals surface area contributed by atoms with Crippen molar-refractivity contribution in [2.45, 2.75) is 215 Å². The number of primary amides is 2. The van der Waals surface area contributed by atoms with E-state index in [1.807, 2.05) is 0 Å². The summed E-state index contributed by atoms with van der Waals surface area (Å²) in [6.45, 7) is 2.18. The monoisotopic (exact) mass is 1720 g/mol. The molecule has 6 rings (SSSR count). The predicted molar refractivity (Wildman–Crippen MR) is 419 cm³/mol. The largest absolute Gasteiger partial charge is 0.508 e. The molecule has 670 valence electrons. The third-order valence-electron chi connectivity index (χ3n) is 20.2. The van der Waals surface area contributed by atoms with E-state index in [0.29, 0.717) is 6.42 Å². The van der Waals surface area contributed by atoms with Crippen LogP contribution < -0.4 is 85.7 Å². The SMILES string of the molecule is COc1cccc2c1C(=O)c1c(O)c3c(c(O)c1C2=O)C[C@@](O)(C(=O)CO)C[C@@H]3O[C@@H]1C[C@H](NC(=O)[C@H](CC(C)C)NC(=O)[C@H](CO)NC(=O)[C@H](CO)NC(=O)[C@H](CO)NC(=O)[C@H](CCC(N)=O)NC(=O)[C@H](Cc2ccc(O)cc2)NC(=O)[C@H](CO)NC(=O)[C@H](C)NC(=O)[C@H](CCCCN)NC(=O)[C@H](CC(N)=O)NC(=O)[C@H](C)NC(C)=O)[C@H](O)[C@H](C)O1. The summed E-state index contributed by atoms with van der Waals surface area (Å²) in [5, 5.41) is 136. The zero-order valence-electron chi connectivity index (χ0n) is 67.7. The molecule has 2 aliphatic carbocycles. The number of fused-ring (bicyclic) bond motifs is 3. The Morgan fingerprint density at radius 2 is 1.03 bits per heavy atom. The van der Waals surface area contributed by atoms with Gasteiger partial charge < -0.3 is 146 Å². The first kappa shape index (κ1) is 98.9. The van der Waals surface area contributed by atoms with Gasteiger partial charge >= 0.3 is 0 Å². The Bertz CT molecular complexity index is 4400. The summed E-state index contributed by atoms with van der Waals surface area (Å²) < 4.78 is 17.6. The van der Waals surface area contributed by atoms with E-state index in [1.54, 1.807) is 13.8 Å². The number of aliphatic hydroxyl groups is 7. The van der Waals surface area contributed by atoms with Crippen LogP contribution in [0.1, 0.15) is 154 Å². The molecule has 3 aliphatic rings. The highest BCUT2D eigenvalue weighted by Gasteiger charge is 2.51. The van der Waals surface area contributed by atoms with E-state index in [9.17, 15) is 133 Å². The van der Waals surface area contributed by atoms with Crippen LogP contribution in [0.5, 0.6) is 23.0 Å². The summed E-state index contributed by atoms with van der Waals surface area (Å²) in [7, 11) is 1.23. The number of ether oxygens (including phenoxy) is 3. The van der Waals surface area contributed by atoms with Crippen LogP contribution in [0.25, 0.3) is 0 Å². The number of benzene rings is 3. The normalized spacial score (nSPS) is 19.8. The molecule has 0 aromatic heterocycles. The third-order valence-corrected chi connectivity index (χ3v) is 20.2. The molecular weight excluding hydrogens is 1610 g/mol. The van der Waals surface area contributed by atoms with E-state index in [-0.39, 0.29) is 59.6 Å². The summed E-state index contributed by atoms with van der Waals surface area (Å²) in [4.78, 5) is 230. The van der Waals surface area contributed by atoms with Crippen molar-refractivity contribution in [2.75, 3.05) is 46.7 Å². The fourth-order valence-electron chi connectivity index (χ4n) is 13.7. The Morgan fingerprint density at radius 1 is 0.557 bits per heavy atom. The van der Waals surface area contributed by atoms with Crippen LogP contribution in [-0.4, -0.2) is 294 Å². The number of hydrogen-bond acceptors (Lipinski definition) is 31. The van der Waals surface area contributed by atoms with E-state index in [2.05, 4.69) is 63.8 Å². The van der Waals surface area contributed by atoms with Crippen LogP contribution in [0.15, 0.2) is 42.5 Å². The Hall–Kier alpha value is -11.9. The lowest BCUT2D eigenvalue weighted by atomic mass is 9.72. The number of phenolic OH excluding ortho intramolecular Hbond substituents is 3. The first-order valence-electron chi connectivity index (χ1n) is 38.8. The number of rotatable bonds is 45. The van der Waals surface area contributed by atoms with Crippen molar-refractivity contribution in [3.8, 4) is 23.0 Å². The molecule has 1 saturated heterocycles. The molecule has 3 aromatic carbocycles. The van der Waals surface area contributed by atoms with Gasteiger partial charge in [-0.1, -0.05) is 38.1 Å². The van der Waals surface area contributed by atoms with E-state index >= 15 is 0 Å². The Balaban J connectivity index is 1.12. The number of aliphatic hydroxyl groups excluding tert-OH is 6. The summed E-state index contributed by atoms with van der Waals surface area (Å²) in [6.07, 6.45) is -10.4. The molecule has 0 unspecified atom stereocenters. The number of hydrogen-bond donors (Lipinski definition) is 25. The molecular formula is C77H107N15O30. The number of Topliss-reactive ketones (excluding diaryl/α,β-unsaturated/α-hetero) is 1. The minimum atomic E-state index is -2.55. The van der Waals surface area contributed by atoms with Crippen molar-refractivity contribution in [1.29, 1.82) is 0 Å². The van der Waals surface area contributed by atoms with Crippen LogP contribution in [0, 0.1) is 5.92 Å². The quantitative estimate of drug-likeness (QED) is 0.0144. The Morgan fingerprint density at radius 3 is 1.54 bits per heavy atom. The Kier molecular flexibility index (Phi) is 36.5. The maximum atomic E-state index is 14.4. The second-order valence-electron chi connectivity index (χ2n) is 30.0. The minimum absolute atomic E-state index is 0.0530. The lowest BCUT2D eigenvalue weighted by Gasteiger charge is -2.43. The number of methoxy groups -OCH3 is 1. The Labute approximate surface area is 697 Å². The first-order chi connectivity index (χ1) is 57.5. The van der Waals surface area contributed by atoms with Gasteiger partial charge in [0.25, 0.3) is 0 Å². The molecule has 1 fully saturated rings.